The van der Waals surface area contributed by atoms with Gasteiger partial charge in [0.2, 0.25) is 0 Å². The first-order valence-corrected chi connectivity index (χ1v) is 8.34. The maximum Gasteiger partial charge on any atom is 0.160 e. The summed E-state index contributed by atoms with van der Waals surface area (Å²) in [6.07, 6.45) is 3.12. The quantitative estimate of drug-likeness (QED) is 0.918. The van der Waals surface area contributed by atoms with Gasteiger partial charge in [0, 0.05) is 40.8 Å². The number of benzene rings is 1. The first-order chi connectivity index (χ1) is 10.2. The normalized spacial score (nSPS) is 14.0. The van der Waals surface area contributed by atoms with Gasteiger partial charge in [-0.05, 0) is 31.0 Å². The summed E-state index contributed by atoms with van der Waals surface area (Å²) >= 11 is 3.65. The van der Waals surface area contributed by atoms with Crippen LogP contribution in [0.15, 0.2) is 22.7 Å². The predicted molar refractivity (Wildman–Crippen MR) is 89.3 cm³/mol. The van der Waals surface area contributed by atoms with Crippen LogP contribution >= 0.6 is 15.9 Å². The van der Waals surface area contributed by atoms with Crippen molar-refractivity contribution in [1.29, 1.82) is 0 Å². The van der Waals surface area contributed by atoms with E-state index in [4.69, 9.17) is 9.97 Å². The number of nitrogens with zero attached hydrogens (tertiary/aromatic N) is 2. The molecule has 0 spiro atoms. The molecule has 4 heteroatoms. The Morgan fingerprint density at radius 3 is 2.90 bits per heavy atom. The SMILES string of the molecule is CCCc1nc(-c2ccc(C)cc2Br)nc2c1CNCC2. The van der Waals surface area contributed by atoms with Crippen LogP contribution in [0.25, 0.3) is 11.4 Å². The van der Waals surface area contributed by atoms with Crippen LogP contribution in [0.3, 0.4) is 0 Å². The molecule has 0 amide bonds. The first kappa shape index (κ1) is 14.7. The molecule has 3 nitrogen and oxygen atoms in total. The summed E-state index contributed by atoms with van der Waals surface area (Å²) in [6, 6.07) is 6.35. The summed E-state index contributed by atoms with van der Waals surface area (Å²) < 4.78 is 1.07. The molecule has 1 aromatic heterocycles. The summed E-state index contributed by atoms with van der Waals surface area (Å²) in [5.74, 6) is 0.853. The van der Waals surface area contributed by atoms with Gasteiger partial charge in [0.1, 0.15) is 0 Å². The van der Waals surface area contributed by atoms with Crippen LogP contribution in [0.5, 0.6) is 0 Å². The molecule has 0 unspecified atom stereocenters. The van der Waals surface area contributed by atoms with E-state index < -0.39 is 0 Å². The minimum Gasteiger partial charge on any atom is -0.312 e. The maximum absolute atomic E-state index is 4.86. The average molecular weight is 346 g/mol. The molecule has 0 fully saturated rings. The lowest BCUT2D eigenvalue weighted by Gasteiger charge is -2.20. The van der Waals surface area contributed by atoms with Crippen LogP contribution in [0.2, 0.25) is 0 Å². The third-order valence-corrected chi connectivity index (χ3v) is 4.53. The van der Waals surface area contributed by atoms with Crippen molar-refractivity contribution in [1.82, 2.24) is 15.3 Å². The highest BCUT2D eigenvalue weighted by Crippen LogP contribution is 2.29. The van der Waals surface area contributed by atoms with Gasteiger partial charge in [-0.25, -0.2) is 9.97 Å². The Morgan fingerprint density at radius 2 is 2.14 bits per heavy atom. The summed E-state index contributed by atoms with van der Waals surface area (Å²) in [5, 5.41) is 3.43. The second-order valence-electron chi connectivity index (χ2n) is 5.58. The zero-order valence-corrected chi connectivity index (χ0v) is 14.1. The van der Waals surface area contributed by atoms with E-state index in [1.54, 1.807) is 0 Å². The Bertz CT molecular complexity index is 667. The molecule has 2 aromatic rings. The largest absolute Gasteiger partial charge is 0.312 e. The van der Waals surface area contributed by atoms with Crippen molar-refractivity contribution in [2.75, 3.05) is 6.54 Å². The molecule has 0 saturated carbocycles. The lowest BCUT2D eigenvalue weighted by molar-refractivity contribution is 0.615. The summed E-state index contributed by atoms with van der Waals surface area (Å²) in [4.78, 5) is 9.69. The lowest BCUT2D eigenvalue weighted by Crippen LogP contribution is -2.26. The van der Waals surface area contributed by atoms with Crippen molar-refractivity contribution >= 4 is 15.9 Å². The van der Waals surface area contributed by atoms with Crippen molar-refractivity contribution in [2.24, 2.45) is 0 Å². The molecule has 0 saturated heterocycles. The number of rotatable bonds is 3. The second-order valence-corrected chi connectivity index (χ2v) is 6.43. The molecular weight excluding hydrogens is 326 g/mol. The van der Waals surface area contributed by atoms with Gasteiger partial charge < -0.3 is 5.32 Å². The molecular formula is C17H20BrN3. The Morgan fingerprint density at radius 1 is 1.29 bits per heavy atom. The minimum absolute atomic E-state index is 0.853. The van der Waals surface area contributed by atoms with Gasteiger partial charge in [-0.1, -0.05) is 35.3 Å². The molecule has 3 rings (SSSR count). The number of aromatic nitrogens is 2. The van der Waals surface area contributed by atoms with Gasteiger partial charge in [0.25, 0.3) is 0 Å². The molecule has 2 heterocycles. The van der Waals surface area contributed by atoms with E-state index in [9.17, 15) is 0 Å². The number of hydrogen-bond donors (Lipinski definition) is 1. The van der Waals surface area contributed by atoms with E-state index in [1.807, 2.05) is 0 Å². The molecule has 21 heavy (non-hydrogen) atoms. The van der Waals surface area contributed by atoms with Crippen LogP contribution in [-0.4, -0.2) is 16.5 Å². The number of nitrogens with one attached hydrogen (secondary N) is 1. The third-order valence-electron chi connectivity index (χ3n) is 3.87. The molecule has 110 valence electrons. The highest BCUT2D eigenvalue weighted by atomic mass is 79.9. The van der Waals surface area contributed by atoms with Gasteiger partial charge in [-0.3, -0.25) is 0 Å². The zero-order chi connectivity index (χ0) is 14.8. The summed E-state index contributed by atoms with van der Waals surface area (Å²) in [5.41, 5.74) is 6.06. The fourth-order valence-electron chi connectivity index (χ4n) is 2.78. The molecule has 0 atom stereocenters. The Labute approximate surface area is 134 Å². The number of halogens is 1. The topological polar surface area (TPSA) is 37.8 Å². The van der Waals surface area contributed by atoms with E-state index in [-0.39, 0.29) is 0 Å². The van der Waals surface area contributed by atoms with Crippen LogP contribution in [0.4, 0.5) is 0 Å². The second kappa shape index (κ2) is 6.24. The van der Waals surface area contributed by atoms with Gasteiger partial charge in [-0.15, -0.1) is 0 Å². The van der Waals surface area contributed by atoms with Crippen LogP contribution in [0, 0.1) is 6.92 Å². The van der Waals surface area contributed by atoms with E-state index in [1.165, 1.54) is 22.5 Å². The highest BCUT2D eigenvalue weighted by Gasteiger charge is 2.18. The van der Waals surface area contributed by atoms with Gasteiger partial charge in [-0.2, -0.15) is 0 Å². The Hall–Kier alpha value is -1.26. The number of aryl methyl sites for hydroxylation is 2. The van der Waals surface area contributed by atoms with Crippen molar-refractivity contribution in [3.8, 4) is 11.4 Å². The molecule has 0 radical (unpaired) electrons. The molecule has 1 aliphatic rings. The monoisotopic (exact) mass is 345 g/mol. The fraction of sp³-hybridized carbons (Fsp3) is 0.412. The van der Waals surface area contributed by atoms with E-state index in [0.29, 0.717) is 0 Å². The molecule has 1 N–H and O–H groups in total. The fourth-order valence-corrected chi connectivity index (χ4v) is 3.45. The van der Waals surface area contributed by atoms with E-state index >= 15 is 0 Å². The summed E-state index contributed by atoms with van der Waals surface area (Å²) in [7, 11) is 0. The standard InChI is InChI=1S/C17H20BrN3/c1-3-4-15-13-10-19-8-7-16(13)21-17(20-15)12-6-5-11(2)9-14(12)18/h5-6,9,19H,3-4,7-8,10H2,1-2H3. The van der Waals surface area contributed by atoms with E-state index in [0.717, 1.165) is 48.2 Å². The van der Waals surface area contributed by atoms with Crippen molar-refractivity contribution in [2.45, 2.75) is 39.7 Å². The first-order valence-electron chi connectivity index (χ1n) is 7.55. The molecule has 0 bridgehead atoms. The van der Waals surface area contributed by atoms with Crippen LogP contribution in [0.1, 0.15) is 35.9 Å². The zero-order valence-electron chi connectivity index (χ0n) is 12.5. The van der Waals surface area contributed by atoms with Crippen LogP contribution < -0.4 is 5.32 Å². The van der Waals surface area contributed by atoms with Crippen molar-refractivity contribution < 1.29 is 0 Å². The molecule has 0 aliphatic carbocycles. The van der Waals surface area contributed by atoms with Gasteiger partial charge in [0.15, 0.2) is 5.82 Å². The maximum atomic E-state index is 4.86. The Balaban J connectivity index is 2.12. The predicted octanol–water partition coefficient (Wildman–Crippen LogP) is 3.81. The average Bonchev–Trinajstić information content (AvgIpc) is 2.47. The molecule has 1 aliphatic heterocycles. The lowest BCUT2D eigenvalue weighted by atomic mass is 10.0. The minimum atomic E-state index is 0.853. The van der Waals surface area contributed by atoms with Gasteiger partial charge in [0.05, 0.1) is 5.69 Å². The summed E-state index contributed by atoms with van der Waals surface area (Å²) in [6.45, 7) is 6.20. The van der Waals surface area contributed by atoms with Crippen LogP contribution in [-0.2, 0) is 19.4 Å². The smallest absolute Gasteiger partial charge is 0.160 e. The van der Waals surface area contributed by atoms with Gasteiger partial charge >= 0.3 is 0 Å². The third kappa shape index (κ3) is 3.01. The molecule has 1 aromatic carbocycles. The highest BCUT2D eigenvalue weighted by molar-refractivity contribution is 9.10. The Kier molecular flexibility index (Phi) is 4.36. The number of fused-ring (bicyclic) bond motifs is 1. The van der Waals surface area contributed by atoms with Crippen molar-refractivity contribution in [3.63, 3.8) is 0 Å². The van der Waals surface area contributed by atoms with E-state index in [2.05, 4.69) is 53.3 Å². The number of hydrogen-bond acceptors (Lipinski definition) is 3. The van der Waals surface area contributed by atoms with Crippen molar-refractivity contribution in [3.05, 3.63) is 45.2 Å².